The van der Waals surface area contributed by atoms with Crippen molar-refractivity contribution >= 4 is 17.7 Å². The number of amides is 3. The van der Waals surface area contributed by atoms with Crippen LogP contribution in [-0.2, 0) is 9.59 Å². The van der Waals surface area contributed by atoms with Crippen LogP contribution in [0, 0.1) is 0 Å². The van der Waals surface area contributed by atoms with Gasteiger partial charge in [-0.3, -0.25) is 14.4 Å². The number of ether oxygens (including phenoxy) is 1. The molecule has 1 aliphatic rings. The summed E-state index contributed by atoms with van der Waals surface area (Å²) < 4.78 is 5.13. The van der Waals surface area contributed by atoms with Crippen LogP contribution >= 0.6 is 0 Å². The fourth-order valence-corrected chi connectivity index (χ4v) is 3.68. The molecule has 7 nitrogen and oxygen atoms in total. The Balaban J connectivity index is 1.74. The number of hydrogen-bond acceptors (Lipinski definition) is 4. The second kappa shape index (κ2) is 12.2. The first kappa shape index (κ1) is 23.7. The van der Waals surface area contributed by atoms with Crippen LogP contribution in [0.3, 0.4) is 0 Å². The predicted molar refractivity (Wildman–Crippen MR) is 116 cm³/mol. The van der Waals surface area contributed by atoms with E-state index in [1.807, 2.05) is 4.90 Å². The molecule has 166 valence electrons. The first-order valence-electron chi connectivity index (χ1n) is 11.0. The van der Waals surface area contributed by atoms with Crippen LogP contribution in [0.5, 0.6) is 5.75 Å². The Bertz CT molecular complexity index is 691. The average molecular weight is 418 g/mol. The number of benzene rings is 1. The molecule has 0 aliphatic carbocycles. The Morgan fingerprint density at radius 3 is 2.00 bits per heavy atom. The normalized spacial score (nSPS) is 13.8. The van der Waals surface area contributed by atoms with Gasteiger partial charge in [0.2, 0.25) is 11.8 Å². The van der Waals surface area contributed by atoms with Gasteiger partial charge in [-0.25, -0.2) is 0 Å². The van der Waals surface area contributed by atoms with E-state index >= 15 is 0 Å². The first-order valence-corrected chi connectivity index (χ1v) is 11.0. The molecule has 1 aliphatic heterocycles. The van der Waals surface area contributed by atoms with Crippen molar-refractivity contribution in [3.05, 3.63) is 29.8 Å². The fourth-order valence-electron chi connectivity index (χ4n) is 3.68. The highest BCUT2D eigenvalue weighted by Gasteiger charge is 2.25. The molecule has 1 aromatic carbocycles. The van der Waals surface area contributed by atoms with E-state index in [1.165, 1.54) is 0 Å². The number of rotatable bonds is 10. The summed E-state index contributed by atoms with van der Waals surface area (Å²) in [5, 5.41) is 0. The summed E-state index contributed by atoms with van der Waals surface area (Å²) >= 11 is 0. The summed E-state index contributed by atoms with van der Waals surface area (Å²) in [7, 11) is 1.59. The van der Waals surface area contributed by atoms with Crippen molar-refractivity contribution in [2.24, 2.45) is 0 Å². The molecule has 0 radical (unpaired) electrons. The van der Waals surface area contributed by atoms with Gasteiger partial charge in [0, 0.05) is 57.7 Å². The maximum absolute atomic E-state index is 12.6. The highest BCUT2D eigenvalue weighted by Crippen LogP contribution is 2.15. The number of nitrogens with zero attached hydrogens (tertiary/aromatic N) is 3. The predicted octanol–water partition coefficient (Wildman–Crippen LogP) is 2.80. The molecule has 0 saturated carbocycles. The largest absolute Gasteiger partial charge is 0.497 e. The van der Waals surface area contributed by atoms with Crippen molar-refractivity contribution in [3.8, 4) is 5.75 Å². The van der Waals surface area contributed by atoms with E-state index in [4.69, 9.17) is 4.74 Å². The third-order valence-corrected chi connectivity index (χ3v) is 5.38. The summed E-state index contributed by atoms with van der Waals surface area (Å²) in [5.41, 5.74) is 0.623. The molecule has 7 heteroatoms. The summed E-state index contributed by atoms with van der Waals surface area (Å²) in [5.74, 6) is 0.897. The maximum atomic E-state index is 12.6. The molecule has 1 saturated heterocycles. The fraction of sp³-hybridized carbons (Fsp3) is 0.609. The monoisotopic (exact) mass is 417 g/mol. The zero-order valence-corrected chi connectivity index (χ0v) is 18.6. The van der Waals surface area contributed by atoms with Crippen LogP contribution in [0.1, 0.15) is 56.3 Å². The minimum absolute atomic E-state index is 0.0257. The molecule has 0 bridgehead atoms. The second-order valence-corrected chi connectivity index (χ2v) is 7.64. The van der Waals surface area contributed by atoms with Crippen molar-refractivity contribution in [1.82, 2.24) is 14.7 Å². The topological polar surface area (TPSA) is 70.2 Å². The van der Waals surface area contributed by atoms with Crippen LogP contribution in [0.25, 0.3) is 0 Å². The van der Waals surface area contributed by atoms with Gasteiger partial charge in [0.15, 0.2) is 0 Å². The van der Waals surface area contributed by atoms with E-state index in [-0.39, 0.29) is 17.7 Å². The van der Waals surface area contributed by atoms with Crippen LogP contribution < -0.4 is 4.74 Å². The van der Waals surface area contributed by atoms with Crippen LogP contribution in [0.2, 0.25) is 0 Å². The van der Waals surface area contributed by atoms with Crippen molar-refractivity contribution in [2.45, 2.75) is 46.0 Å². The summed E-state index contributed by atoms with van der Waals surface area (Å²) in [6.45, 7) is 7.82. The molecule has 0 unspecified atom stereocenters. The highest BCUT2D eigenvalue weighted by atomic mass is 16.5. The summed E-state index contributed by atoms with van der Waals surface area (Å²) in [6, 6.07) is 7.07. The minimum Gasteiger partial charge on any atom is -0.497 e. The van der Waals surface area contributed by atoms with Crippen molar-refractivity contribution < 1.29 is 19.1 Å². The van der Waals surface area contributed by atoms with Gasteiger partial charge in [-0.1, -0.05) is 13.8 Å². The standard InChI is InChI=1S/C23H35N3O4/c1-4-13-24(14-5-2)21(27)7-6-8-22(28)25-15-17-26(18-16-25)23(29)19-9-11-20(30-3)12-10-19/h9-12H,4-8,13-18H2,1-3H3. The van der Waals surface area contributed by atoms with E-state index in [9.17, 15) is 14.4 Å². The van der Waals surface area contributed by atoms with Gasteiger partial charge < -0.3 is 19.4 Å². The maximum Gasteiger partial charge on any atom is 0.253 e. The molecule has 0 spiro atoms. The molecule has 30 heavy (non-hydrogen) atoms. The van der Waals surface area contributed by atoms with Crippen LogP contribution in [0.4, 0.5) is 0 Å². The molecule has 0 N–H and O–H groups in total. The Morgan fingerprint density at radius 2 is 1.47 bits per heavy atom. The number of piperazine rings is 1. The molecule has 2 rings (SSSR count). The molecule has 3 amide bonds. The van der Waals surface area contributed by atoms with Gasteiger partial charge in [-0.15, -0.1) is 0 Å². The van der Waals surface area contributed by atoms with Gasteiger partial charge in [0.1, 0.15) is 5.75 Å². The second-order valence-electron chi connectivity index (χ2n) is 7.64. The van der Waals surface area contributed by atoms with Crippen molar-refractivity contribution in [3.63, 3.8) is 0 Å². The number of carbonyl (C=O) groups is 3. The molecule has 1 aromatic rings. The SMILES string of the molecule is CCCN(CCC)C(=O)CCCC(=O)N1CCN(C(=O)c2ccc(OC)cc2)CC1. The molecular formula is C23H35N3O4. The molecule has 1 heterocycles. The third-order valence-electron chi connectivity index (χ3n) is 5.38. The van der Waals surface area contributed by atoms with Gasteiger partial charge >= 0.3 is 0 Å². The van der Waals surface area contributed by atoms with E-state index in [0.717, 1.165) is 25.9 Å². The number of carbonyl (C=O) groups excluding carboxylic acids is 3. The van der Waals surface area contributed by atoms with Crippen LogP contribution in [0.15, 0.2) is 24.3 Å². The van der Waals surface area contributed by atoms with Crippen molar-refractivity contribution in [2.75, 3.05) is 46.4 Å². The quantitative estimate of drug-likeness (QED) is 0.587. The van der Waals surface area contributed by atoms with Crippen LogP contribution in [-0.4, -0.2) is 78.8 Å². The third kappa shape index (κ3) is 6.75. The van der Waals surface area contributed by atoms with Gasteiger partial charge in [0.25, 0.3) is 5.91 Å². The number of methoxy groups -OCH3 is 1. The average Bonchev–Trinajstić information content (AvgIpc) is 2.78. The lowest BCUT2D eigenvalue weighted by Crippen LogP contribution is -2.50. The van der Waals surface area contributed by atoms with E-state index < -0.39 is 0 Å². The van der Waals surface area contributed by atoms with Gasteiger partial charge in [-0.2, -0.15) is 0 Å². The van der Waals surface area contributed by atoms with Crippen molar-refractivity contribution in [1.29, 1.82) is 0 Å². The smallest absolute Gasteiger partial charge is 0.253 e. The lowest BCUT2D eigenvalue weighted by atomic mass is 10.1. The highest BCUT2D eigenvalue weighted by molar-refractivity contribution is 5.94. The Labute approximate surface area is 180 Å². The lowest BCUT2D eigenvalue weighted by Gasteiger charge is -2.35. The molecular weight excluding hydrogens is 382 g/mol. The molecule has 0 aromatic heterocycles. The molecule has 0 atom stereocenters. The minimum atomic E-state index is -0.0257. The molecule has 1 fully saturated rings. The summed E-state index contributed by atoms with van der Waals surface area (Å²) in [6.07, 6.45) is 3.27. The van der Waals surface area contributed by atoms with E-state index in [1.54, 1.807) is 41.2 Å². The first-order chi connectivity index (χ1) is 14.5. The van der Waals surface area contributed by atoms with Gasteiger partial charge in [0.05, 0.1) is 7.11 Å². The number of hydrogen-bond donors (Lipinski definition) is 0. The van der Waals surface area contributed by atoms with E-state index in [2.05, 4.69) is 13.8 Å². The zero-order valence-electron chi connectivity index (χ0n) is 18.6. The lowest BCUT2D eigenvalue weighted by molar-refractivity contribution is -0.133. The van der Waals surface area contributed by atoms with E-state index in [0.29, 0.717) is 56.8 Å². The Morgan fingerprint density at radius 1 is 0.900 bits per heavy atom. The summed E-state index contributed by atoms with van der Waals surface area (Å²) in [4.78, 5) is 42.9. The van der Waals surface area contributed by atoms with Gasteiger partial charge in [-0.05, 0) is 43.5 Å². The zero-order chi connectivity index (χ0) is 21.9. The Hall–Kier alpha value is -2.57. The Kier molecular flexibility index (Phi) is 9.64.